The lowest BCUT2D eigenvalue weighted by Crippen LogP contribution is -2.05. The topological polar surface area (TPSA) is 97.1 Å². The van der Waals surface area contributed by atoms with Crippen LogP contribution in [0.3, 0.4) is 0 Å². The van der Waals surface area contributed by atoms with Crippen LogP contribution < -0.4 is 14.2 Å². The molecule has 35 heavy (non-hydrogen) atoms. The summed E-state index contributed by atoms with van der Waals surface area (Å²) in [7, 11) is 1.22. The number of benzene rings is 3. The lowest BCUT2D eigenvalue weighted by molar-refractivity contribution is -0.385. The smallest absolute Gasteiger partial charge is 0.338 e. The monoisotopic (exact) mass is 479 g/mol. The Hall–Kier alpha value is -4.07. The number of nitro benzene ring substituents is 1. The van der Waals surface area contributed by atoms with Crippen molar-refractivity contribution >= 4 is 11.7 Å². The van der Waals surface area contributed by atoms with Crippen molar-refractivity contribution in [3.8, 4) is 17.2 Å². The van der Waals surface area contributed by atoms with Crippen molar-refractivity contribution in [3.05, 3.63) is 94.0 Å². The summed E-state index contributed by atoms with van der Waals surface area (Å²) in [6.45, 7) is 1.55. The maximum absolute atomic E-state index is 11.6. The second-order valence-electron chi connectivity index (χ2n) is 7.75. The van der Waals surface area contributed by atoms with Crippen molar-refractivity contribution in [3.63, 3.8) is 0 Å². The van der Waals surface area contributed by atoms with Crippen LogP contribution in [0.15, 0.2) is 72.8 Å². The average Bonchev–Trinajstić information content (AvgIpc) is 2.89. The van der Waals surface area contributed by atoms with Crippen molar-refractivity contribution in [2.45, 2.75) is 25.7 Å². The van der Waals surface area contributed by atoms with Crippen LogP contribution in [0.5, 0.6) is 17.2 Å². The van der Waals surface area contributed by atoms with Crippen LogP contribution in [-0.2, 0) is 11.2 Å². The van der Waals surface area contributed by atoms with Gasteiger partial charge in [-0.25, -0.2) is 4.79 Å². The number of unbranched alkanes of at least 4 members (excludes halogenated alkanes) is 1. The number of carbonyl (C=O) groups is 1. The molecule has 3 aromatic carbocycles. The number of methoxy groups -OCH3 is 1. The predicted octanol–water partition coefficient (Wildman–Crippen LogP) is 5.63. The number of nitrogens with zero attached hydrogens (tertiary/aromatic N) is 1. The Bertz CT molecular complexity index is 1100. The Morgan fingerprint density at radius 3 is 2.20 bits per heavy atom. The molecular weight excluding hydrogens is 450 g/mol. The van der Waals surface area contributed by atoms with Crippen molar-refractivity contribution in [2.24, 2.45) is 0 Å². The molecule has 0 amide bonds. The van der Waals surface area contributed by atoms with Crippen molar-refractivity contribution < 1.29 is 28.7 Å². The number of esters is 1. The van der Waals surface area contributed by atoms with Gasteiger partial charge in [-0.15, -0.1) is 0 Å². The van der Waals surface area contributed by atoms with E-state index >= 15 is 0 Å². The minimum Gasteiger partial charge on any atom is -0.494 e. The number of carbonyl (C=O) groups excluding carboxylic acids is 1. The number of rotatable bonds is 14. The van der Waals surface area contributed by atoms with E-state index in [1.54, 1.807) is 0 Å². The van der Waals surface area contributed by atoms with Crippen molar-refractivity contribution in [1.29, 1.82) is 0 Å². The zero-order valence-electron chi connectivity index (χ0n) is 19.7. The van der Waals surface area contributed by atoms with Gasteiger partial charge in [0.2, 0.25) is 0 Å². The minimum atomic E-state index is -0.637. The first-order valence-corrected chi connectivity index (χ1v) is 11.5. The molecule has 0 heterocycles. The second-order valence-corrected chi connectivity index (χ2v) is 7.75. The zero-order valence-corrected chi connectivity index (χ0v) is 19.7. The molecule has 0 fully saturated rings. The highest BCUT2D eigenvalue weighted by molar-refractivity contribution is 5.90. The number of aryl methyl sites for hydroxylation is 1. The van der Waals surface area contributed by atoms with Crippen LogP contribution in [-0.4, -0.2) is 37.8 Å². The minimum absolute atomic E-state index is 0.104. The molecule has 0 aliphatic rings. The standard InChI is InChI=1S/C27H29NO7/c1-32-27(29)22-14-15-26(25(20-22)28(30)31)35-18-8-10-21-9-7-13-24(19-21)34-17-6-5-16-33-23-11-3-2-4-12-23/h2-4,7,9,11-15,19-20H,5-6,8,10,16-18H2,1H3. The summed E-state index contributed by atoms with van der Waals surface area (Å²) in [5.41, 5.74) is 0.929. The largest absolute Gasteiger partial charge is 0.494 e. The predicted molar refractivity (Wildman–Crippen MR) is 131 cm³/mol. The fraction of sp³-hybridized carbons (Fsp3) is 0.296. The van der Waals surface area contributed by atoms with Gasteiger partial charge in [0.1, 0.15) is 11.5 Å². The number of ether oxygens (including phenoxy) is 4. The Morgan fingerprint density at radius 2 is 1.49 bits per heavy atom. The molecular formula is C27H29NO7. The summed E-state index contributed by atoms with van der Waals surface area (Å²) in [4.78, 5) is 22.4. The van der Waals surface area contributed by atoms with Gasteiger partial charge in [0.25, 0.3) is 0 Å². The van der Waals surface area contributed by atoms with Crippen molar-refractivity contribution in [2.75, 3.05) is 26.9 Å². The van der Waals surface area contributed by atoms with Crippen LogP contribution in [0.25, 0.3) is 0 Å². The quantitative estimate of drug-likeness (QED) is 0.128. The molecule has 0 atom stereocenters. The van der Waals surface area contributed by atoms with Gasteiger partial charge in [0.05, 0.1) is 37.4 Å². The lowest BCUT2D eigenvalue weighted by atomic mass is 10.1. The van der Waals surface area contributed by atoms with E-state index in [4.69, 9.17) is 14.2 Å². The van der Waals surface area contributed by atoms with Gasteiger partial charge in [-0.2, -0.15) is 0 Å². The Morgan fingerprint density at radius 1 is 0.800 bits per heavy atom. The molecule has 3 rings (SSSR count). The van der Waals surface area contributed by atoms with Gasteiger partial charge in [0.15, 0.2) is 5.75 Å². The molecule has 8 nitrogen and oxygen atoms in total. The summed E-state index contributed by atoms with van der Waals surface area (Å²) < 4.78 is 21.8. The molecule has 0 radical (unpaired) electrons. The second kappa shape index (κ2) is 13.6. The van der Waals surface area contributed by atoms with Gasteiger partial charge >= 0.3 is 11.7 Å². The van der Waals surface area contributed by atoms with Crippen LogP contribution in [0.4, 0.5) is 5.69 Å². The number of nitro groups is 1. The number of hydrogen-bond donors (Lipinski definition) is 0. The van der Waals surface area contributed by atoms with E-state index in [0.717, 1.165) is 42.4 Å². The van der Waals surface area contributed by atoms with Crippen LogP contribution in [0.1, 0.15) is 35.2 Å². The van der Waals surface area contributed by atoms with Gasteiger partial charge in [-0.3, -0.25) is 10.1 Å². The molecule has 8 heteroatoms. The van der Waals surface area contributed by atoms with Gasteiger partial charge in [0, 0.05) is 6.07 Å². The first kappa shape index (κ1) is 25.6. The summed E-state index contributed by atoms with van der Waals surface area (Å²) in [5.74, 6) is 1.16. The third kappa shape index (κ3) is 8.33. The van der Waals surface area contributed by atoms with E-state index in [-0.39, 0.29) is 17.0 Å². The highest BCUT2D eigenvalue weighted by Gasteiger charge is 2.19. The summed E-state index contributed by atoms with van der Waals surface area (Å²) in [6, 6.07) is 21.6. The molecule has 0 aliphatic heterocycles. The molecule has 3 aromatic rings. The van der Waals surface area contributed by atoms with E-state index in [9.17, 15) is 14.9 Å². The molecule has 0 aliphatic carbocycles. The van der Waals surface area contributed by atoms with E-state index in [2.05, 4.69) is 4.74 Å². The summed E-state index contributed by atoms with van der Waals surface area (Å²) in [5, 5.41) is 11.3. The Labute approximate surface area is 204 Å². The molecule has 0 bridgehead atoms. The van der Waals surface area contributed by atoms with Crippen LogP contribution in [0, 0.1) is 10.1 Å². The fourth-order valence-electron chi connectivity index (χ4n) is 3.38. The highest BCUT2D eigenvalue weighted by atomic mass is 16.6. The summed E-state index contributed by atoms with van der Waals surface area (Å²) >= 11 is 0. The summed E-state index contributed by atoms with van der Waals surface area (Å²) in [6.07, 6.45) is 3.18. The maximum atomic E-state index is 11.6. The van der Waals surface area contributed by atoms with E-state index in [1.165, 1.54) is 19.2 Å². The normalized spacial score (nSPS) is 10.4. The molecule has 0 N–H and O–H groups in total. The van der Waals surface area contributed by atoms with Gasteiger partial charge in [-0.05, 0) is 67.6 Å². The number of para-hydroxylation sites is 1. The van der Waals surface area contributed by atoms with Gasteiger partial charge in [-0.1, -0.05) is 30.3 Å². The Kier molecular flexibility index (Phi) is 9.92. The third-order valence-electron chi connectivity index (χ3n) is 5.16. The maximum Gasteiger partial charge on any atom is 0.338 e. The molecule has 0 aromatic heterocycles. The zero-order chi connectivity index (χ0) is 24.9. The lowest BCUT2D eigenvalue weighted by Gasteiger charge is -2.10. The van der Waals surface area contributed by atoms with E-state index in [1.807, 2.05) is 54.6 Å². The SMILES string of the molecule is COC(=O)c1ccc(OCCCc2cccc(OCCCCOc3ccccc3)c2)c([N+](=O)[O-])c1. The average molecular weight is 480 g/mol. The van der Waals surface area contributed by atoms with Crippen LogP contribution >= 0.6 is 0 Å². The van der Waals surface area contributed by atoms with E-state index in [0.29, 0.717) is 26.2 Å². The first-order chi connectivity index (χ1) is 17.1. The molecule has 0 saturated carbocycles. The third-order valence-corrected chi connectivity index (χ3v) is 5.16. The van der Waals surface area contributed by atoms with Crippen LogP contribution in [0.2, 0.25) is 0 Å². The van der Waals surface area contributed by atoms with E-state index < -0.39 is 10.9 Å². The number of hydrogen-bond acceptors (Lipinski definition) is 7. The molecule has 0 unspecified atom stereocenters. The van der Waals surface area contributed by atoms with Crippen molar-refractivity contribution in [1.82, 2.24) is 0 Å². The first-order valence-electron chi connectivity index (χ1n) is 11.5. The fourth-order valence-corrected chi connectivity index (χ4v) is 3.38. The molecule has 0 spiro atoms. The van der Waals surface area contributed by atoms with Gasteiger partial charge < -0.3 is 18.9 Å². The highest BCUT2D eigenvalue weighted by Crippen LogP contribution is 2.28. The molecule has 184 valence electrons. The Balaban J connectivity index is 1.38. The molecule has 0 saturated heterocycles.